The number of piperazine rings is 1. The van der Waals surface area contributed by atoms with Crippen LogP contribution < -0.4 is 5.14 Å². The van der Waals surface area contributed by atoms with Crippen molar-refractivity contribution in [2.24, 2.45) is 5.14 Å². The molecule has 0 aromatic heterocycles. The topological polar surface area (TPSA) is 104 Å². The summed E-state index contributed by atoms with van der Waals surface area (Å²) in [6.07, 6.45) is 0. The molecule has 7 nitrogen and oxygen atoms in total. The van der Waals surface area contributed by atoms with Gasteiger partial charge < -0.3 is 10.0 Å². The van der Waals surface area contributed by atoms with Crippen LogP contribution in [0.15, 0.2) is 22.7 Å². The fourth-order valence-electron chi connectivity index (χ4n) is 2.00. The third-order valence-electron chi connectivity index (χ3n) is 3.07. The van der Waals surface area contributed by atoms with Crippen molar-refractivity contribution < 1.29 is 18.3 Å². The van der Waals surface area contributed by atoms with E-state index >= 15 is 0 Å². The third-order valence-corrected chi connectivity index (χ3v) is 4.65. The number of amides is 1. The standard InChI is InChI=1S/C11H14BrN3O4S/c12-8-1-2-10(16)9(7-8)11(17)14-3-5-15(6-4-14)20(13,18)19/h1-2,7,16H,3-6H2,(H2,13,18,19). The number of phenols is 1. The van der Waals surface area contributed by atoms with Gasteiger partial charge in [-0.15, -0.1) is 0 Å². The van der Waals surface area contributed by atoms with Crippen LogP contribution in [0.2, 0.25) is 0 Å². The number of hydrogen-bond donors (Lipinski definition) is 2. The van der Waals surface area contributed by atoms with Gasteiger partial charge in [0.25, 0.3) is 16.1 Å². The van der Waals surface area contributed by atoms with Gasteiger partial charge in [-0.2, -0.15) is 12.7 Å². The van der Waals surface area contributed by atoms with Crippen molar-refractivity contribution in [1.29, 1.82) is 0 Å². The van der Waals surface area contributed by atoms with E-state index in [0.717, 1.165) is 4.31 Å². The molecule has 0 bridgehead atoms. The lowest BCUT2D eigenvalue weighted by atomic mass is 10.1. The summed E-state index contributed by atoms with van der Waals surface area (Å²) in [6.45, 7) is 0.779. The number of phenolic OH excluding ortho intramolecular Hbond substituents is 1. The van der Waals surface area contributed by atoms with Gasteiger partial charge in [-0.1, -0.05) is 15.9 Å². The Balaban J connectivity index is 2.11. The maximum atomic E-state index is 12.3. The maximum absolute atomic E-state index is 12.3. The van der Waals surface area contributed by atoms with Crippen LogP contribution in [0.3, 0.4) is 0 Å². The zero-order chi connectivity index (χ0) is 14.9. The molecule has 0 spiro atoms. The summed E-state index contributed by atoms with van der Waals surface area (Å²) in [4.78, 5) is 13.8. The van der Waals surface area contributed by atoms with Crippen LogP contribution in [0, 0.1) is 0 Å². The molecule has 110 valence electrons. The highest BCUT2D eigenvalue weighted by molar-refractivity contribution is 9.10. The van der Waals surface area contributed by atoms with Crippen molar-refractivity contribution in [1.82, 2.24) is 9.21 Å². The van der Waals surface area contributed by atoms with Gasteiger partial charge in [0, 0.05) is 30.7 Å². The average Bonchev–Trinajstić information content (AvgIpc) is 2.40. The lowest BCUT2D eigenvalue weighted by molar-refractivity contribution is 0.0694. The highest BCUT2D eigenvalue weighted by Gasteiger charge is 2.28. The minimum Gasteiger partial charge on any atom is -0.507 e. The molecule has 0 radical (unpaired) electrons. The van der Waals surface area contributed by atoms with Crippen molar-refractivity contribution in [3.05, 3.63) is 28.2 Å². The van der Waals surface area contributed by atoms with Gasteiger partial charge in [0.1, 0.15) is 5.75 Å². The van der Waals surface area contributed by atoms with Gasteiger partial charge in [-0.05, 0) is 18.2 Å². The van der Waals surface area contributed by atoms with Crippen molar-refractivity contribution in [3.63, 3.8) is 0 Å². The van der Waals surface area contributed by atoms with Gasteiger partial charge in [0.15, 0.2) is 0 Å². The van der Waals surface area contributed by atoms with E-state index in [0.29, 0.717) is 4.47 Å². The van der Waals surface area contributed by atoms with E-state index in [1.54, 1.807) is 6.07 Å². The molecule has 0 aliphatic carbocycles. The summed E-state index contributed by atoms with van der Waals surface area (Å²) in [5.74, 6) is -0.440. The van der Waals surface area contributed by atoms with Crippen molar-refractivity contribution in [2.75, 3.05) is 26.2 Å². The minimum absolute atomic E-state index is 0.105. The highest BCUT2D eigenvalue weighted by Crippen LogP contribution is 2.23. The first-order valence-corrected chi connectivity index (χ1v) is 8.14. The van der Waals surface area contributed by atoms with Gasteiger partial charge in [0.05, 0.1) is 5.56 Å². The second-order valence-corrected chi connectivity index (χ2v) is 6.86. The van der Waals surface area contributed by atoms with E-state index in [-0.39, 0.29) is 43.4 Å². The summed E-state index contributed by atoms with van der Waals surface area (Å²) < 4.78 is 24.2. The molecule has 1 aliphatic rings. The average molecular weight is 364 g/mol. The van der Waals surface area contributed by atoms with E-state index in [1.807, 2.05) is 0 Å². The minimum atomic E-state index is -3.72. The van der Waals surface area contributed by atoms with Crippen LogP contribution in [0.25, 0.3) is 0 Å². The number of nitrogens with two attached hydrogens (primary N) is 1. The van der Waals surface area contributed by atoms with E-state index in [2.05, 4.69) is 15.9 Å². The molecule has 0 saturated carbocycles. The number of hydrogen-bond acceptors (Lipinski definition) is 4. The lowest BCUT2D eigenvalue weighted by Gasteiger charge is -2.33. The Bertz CT molecular complexity index is 627. The molecule has 0 unspecified atom stereocenters. The van der Waals surface area contributed by atoms with Crippen LogP contribution in [-0.4, -0.2) is 54.8 Å². The Morgan fingerprint density at radius 3 is 2.40 bits per heavy atom. The van der Waals surface area contributed by atoms with E-state index in [1.165, 1.54) is 17.0 Å². The zero-order valence-electron chi connectivity index (χ0n) is 10.5. The third kappa shape index (κ3) is 3.29. The number of benzene rings is 1. The number of carbonyl (C=O) groups excluding carboxylic acids is 1. The SMILES string of the molecule is NS(=O)(=O)N1CCN(C(=O)c2cc(Br)ccc2O)CC1. The second-order valence-electron chi connectivity index (χ2n) is 4.40. The number of nitrogens with zero attached hydrogens (tertiary/aromatic N) is 2. The molecule has 1 fully saturated rings. The number of rotatable bonds is 2. The molecule has 0 atom stereocenters. The highest BCUT2D eigenvalue weighted by atomic mass is 79.9. The molecular weight excluding hydrogens is 350 g/mol. The summed E-state index contributed by atoms with van der Waals surface area (Å²) in [5, 5.41) is 14.8. The van der Waals surface area contributed by atoms with Crippen LogP contribution in [-0.2, 0) is 10.2 Å². The molecular formula is C11H14BrN3O4S. The summed E-state index contributed by atoms with van der Waals surface area (Å²) in [5.41, 5.74) is 0.184. The number of halogens is 1. The van der Waals surface area contributed by atoms with Gasteiger partial charge >= 0.3 is 0 Å². The van der Waals surface area contributed by atoms with Crippen LogP contribution >= 0.6 is 15.9 Å². The summed E-state index contributed by atoms with van der Waals surface area (Å²) >= 11 is 3.24. The molecule has 1 aromatic carbocycles. The largest absolute Gasteiger partial charge is 0.507 e. The van der Waals surface area contributed by atoms with Crippen LogP contribution in [0.5, 0.6) is 5.75 Å². The normalized spacial score (nSPS) is 17.2. The monoisotopic (exact) mass is 363 g/mol. The predicted molar refractivity (Wildman–Crippen MR) is 76.4 cm³/mol. The Hall–Kier alpha value is -1.16. The Morgan fingerprint density at radius 1 is 1.25 bits per heavy atom. The molecule has 2 rings (SSSR count). The Labute approximate surface area is 125 Å². The molecule has 1 amide bonds. The summed E-state index contributed by atoms with van der Waals surface area (Å²) in [7, 11) is -3.72. The molecule has 1 aliphatic heterocycles. The van der Waals surface area contributed by atoms with Crippen LogP contribution in [0.4, 0.5) is 0 Å². The first-order valence-electron chi connectivity index (χ1n) is 5.84. The van der Waals surface area contributed by atoms with Crippen molar-refractivity contribution in [2.45, 2.75) is 0 Å². The second kappa shape index (κ2) is 5.68. The van der Waals surface area contributed by atoms with Crippen molar-refractivity contribution >= 4 is 32.0 Å². The van der Waals surface area contributed by atoms with E-state index in [4.69, 9.17) is 5.14 Å². The fraction of sp³-hybridized carbons (Fsp3) is 0.364. The van der Waals surface area contributed by atoms with E-state index in [9.17, 15) is 18.3 Å². The maximum Gasteiger partial charge on any atom is 0.277 e. The van der Waals surface area contributed by atoms with Crippen molar-refractivity contribution in [3.8, 4) is 5.75 Å². The molecule has 9 heteroatoms. The van der Waals surface area contributed by atoms with E-state index < -0.39 is 10.2 Å². The number of aromatic hydroxyl groups is 1. The Morgan fingerprint density at radius 2 is 1.85 bits per heavy atom. The lowest BCUT2D eigenvalue weighted by Crippen LogP contribution is -2.52. The summed E-state index contributed by atoms with van der Waals surface area (Å²) in [6, 6.07) is 4.59. The molecule has 1 heterocycles. The Kier molecular flexibility index (Phi) is 4.33. The smallest absolute Gasteiger partial charge is 0.277 e. The van der Waals surface area contributed by atoms with Gasteiger partial charge in [0.2, 0.25) is 0 Å². The number of carbonyl (C=O) groups is 1. The molecule has 3 N–H and O–H groups in total. The zero-order valence-corrected chi connectivity index (χ0v) is 12.9. The first-order chi connectivity index (χ1) is 9.29. The first kappa shape index (κ1) is 15.2. The van der Waals surface area contributed by atoms with Gasteiger partial charge in [-0.3, -0.25) is 4.79 Å². The quantitative estimate of drug-likeness (QED) is 0.778. The molecule has 1 saturated heterocycles. The van der Waals surface area contributed by atoms with Gasteiger partial charge in [-0.25, -0.2) is 5.14 Å². The molecule has 1 aromatic rings. The predicted octanol–water partition coefficient (Wildman–Crippen LogP) is 0.116. The van der Waals surface area contributed by atoms with Crippen LogP contribution in [0.1, 0.15) is 10.4 Å². The fourth-order valence-corrected chi connectivity index (χ4v) is 3.03. The molecule has 20 heavy (non-hydrogen) atoms.